The molecule has 0 spiro atoms. The molecule has 0 atom stereocenters. The van der Waals surface area contributed by atoms with E-state index in [0.717, 1.165) is 73.4 Å². The maximum Gasteiger partial charge on any atom is 1.00 e. The Bertz CT molecular complexity index is 2580. The van der Waals surface area contributed by atoms with Gasteiger partial charge in [0.2, 0.25) is 0 Å². The largest absolute Gasteiger partial charge is 1.00 e. The number of amidine groups is 1. The molecule has 0 radical (unpaired) electrons. The summed E-state index contributed by atoms with van der Waals surface area (Å²) in [4.78, 5) is 35.6. The molecule has 3 heterocycles. The Morgan fingerprint density at radius 2 is 1.27 bits per heavy atom. The normalized spacial score (nSPS) is 14.1. The number of allylic oxidation sites excluding steroid dienone is 4. The van der Waals surface area contributed by atoms with Crippen LogP contribution in [0.15, 0.2) is 132 Å². The van der Waals surface area contributed by atoms with Gasteiger partial charge in [-0.15, -0.1) is 0 Å². The number of para-hydroxylation sites is 3. The molecule has 1 aliphatic carbocycles. The minimum absolute atomic E-state index is 0. The summed E-state index contributed by atoms with van der Waals surface area (Å²) in [7, 11) is 1.67. The van der Waals surface area contributed by atoms with Gasteiger partial charge in [-0.2, -0.15) is 0 Å². The smallest absolute Gasteiger partial charge is 0.469 e. The van der Waals surface area contributed by atoms with Crippen LogP contribution in [-0.4, -0.2) is 52.1 Å². The van der Waals surface area contributed by atoms with Crippen molar-refractivity contribution in [3.05, 3.63) is 149 Å². The molecule has 0 fully saturated rings. The topological polar surface area (TPSA) is 97.6 Å². The average Bonchev–Trinajstić information content (AvgIpc) is 3.79. The number of carbonyl (C=O) groups excluding carboxylic acids is 2. The van der Waals surface area contributed by atoms with Crippen LogP contribution in [0.2, 0.25) is 0 Å². The number of fused-ring (bicyclic) bond motifs is 10. The fourth-order valence-corrected chi connectivity index (χ4v) is 7.54. The Balaban J connectivity index is 0.00000133. The summed E-state index contributed by atoms with van der Waals surface area (Å²) < 4.78 is 4.36. The van der Waals surface area contributed by atoms with Gasteiger partial charge in [-0.25, -0.2) is 0 Å². The van der Waals surface area contributed by atoms with E-state index in [1.807, 2.05) is 84.9 Å². The van der Waals surface area contributed by atoms with E-state index in [0.29, 0.717) is 17.0 Å². The molecule has 244 valence electrons. The van der Waals surface area contributed by atoms with E-state index in [9.17, 15) is 9.59 Å². The Hall–Kier alpha value is -4.90. The van der Waals surface area contributed by atoms with Crippen molar-refractivity contribution in [2.45, 2.75) is 12.8 Å². The molecule has 8 nitrogen and oxygen atoms in total. The minimum atomic E-state index is -0.358. The molecule has 1 aliphatic heterocycles. The van der Waals surface area contributed by atoms with E-state index in [1.165, 1.54) is 4.90 Å². The third-order valence-corrected chi connectivity index (χ3v) is 9.54. The summed E-state index contributed by atoms with van der Waals surface area (Å²) >= 11 is 0. The number of nitrogens with zero attached hydrogens (tertiary/aromatic N) is 5. The Kier molecular flexibility index (Phi) is 9.74. The average molecular weight is 693 g/mol. The maximum absolute atomic E-state index is 14.8. The summed E-state index contributed by atoms with van der Waals surface area (Å²) in [5.74, 6) is -0.229. The van der Waals surface area contributed by atoms with Gasteiger partial charge in [0.1, 0.15) is 0 Å². The van der Waals surface area contributed by atoms with Crippen molar-refractivity contribution in [1.82, 2.24) is 14.0 Å². The number of hydrogen-bond acceptors (Lipinski definition) is 4. The fourth-order valence-electron chi connectivity index (χ4n) is 7.54. The van der Waals surface area contributed by atoms with Crippen molar-refractivity contribution < 1.29 is 61.0 Å². The number of carbonyl (C=O) groups is 2. The van der Waals surface area contributed by atoms with Crippen molar-refractivity contribution in [3.63, 3.8) is 0 Å². The monoisotopic (exact) mass is 692 g/mol. The summed E-state index contributed by atoms with van der Waals surface area (Å²) in [5, 5.41) is 13.9. The first-order valence-corrected chi connectivity index (χ1v) is 16.5. The van der Waals surface area contributed by atoms with Gasteiger partial charge in [0.05, 0.1) is 33.2 Å². The van der Waals surface area contributed by atoms with E-state index >= 15 is 0 Å². The zero-order valence-electron chi connectivity index (χ0n) is 28.5. The predicted octanol–water partition coefficient (Wildman–Crippen LogP) is 6.36. The van der Waals surface area contributed by atoms with Crippen LogP contribution in [-0.2, 0) is 0 Å². The number of benzene rings is 5. The van der Waals surface area contributed by atoms with Crippen LogP contribution in [0.5, 0.6) is 0 Å². The SMILES string of the molecule is C=N.C[N-]/C(=N\CN1C(=O)c2c(c3c(c4ccccc4n3-c3ccccc3)c3c4ccccc4n(C4=CC=CCC4)c23)C1=O)c1ccccc1.[K+]. The fraction of sp³-hybridized carbons (Fsp3) is 0.0952. The van der Waals surface area contributed by atoms with E-state index in [4.69, 9.17) is 10.4 Å². The first-order valence-electron chi connectivity index (χ1n) is 16.5. The second kappa shape index (κ2) is 14.4. The molecular weight excluding hydrogens is 660 g/mol. The van der Waals surface area contributed by atoms with E-state index < -0.39 is 0 Å². The predicted molar refractivity (Wildman–Crippen MR) is 204 cm³/mol. The molecule has 7 aromatic rings. The van der Waals surface area contributed by atoms with Crippen LogP contribution in [0.4, 0.5) is 0 Å². The van der Waals surface area contributed by atoms with E-state index in [1.54, 1.807) is 7.05 Å². The number of nitrogens with one attached hydrogen (secondary N) is 1. The molecular formula is C42H33KN6O2. The molecule has 0 unspecified atom stereocenters. The number of hydrogen-bond donors (Lipinski definition) is 1. The third kappa shape index (κ3) is 5.44. The molecule has 2 aromatic heterocycles. The van der Waals surface area contributed by atoms with Gasteiger partial charge in [0, 0.05) is 39.6 Å². The molecule has 51 heavy (non-hydrogen) atoms. The number of rotatable bonds is 5. The van der Waals surface area contributed by atoms with Crippen LogP contribution >= 0.6 is 0 Å². The maximum atomic E-state index is 14.8. The van der Waals surface area contributed by atoms with Gasteiger partial charge in [0.25, 0.3) is 11.8 Å². The molecule has 2 aliphatic rings. The molecule has 0 saturated carbocycles. The molecule has 2 amide bonds. The quantitative estimate of drug-likeness (QED) is 0.0984. The van der Waals surface area contributed by atoms with Crippen LogP contribution in [0.25, 0.3) is 60.3 Å². The van der Waals surface area contributed by atoms with Crippen LogP contribution in [0.1, 0.15) is 39.1 Å². The molecule has 9 rings (SSSR count). The zero-order valence-corrected chi connectivity index (χ0v) is 31.6. The van der Waals surface area contributed by atoms with Crippen molar-refractivity contribution in [3.8, 4) is 5.69 Å². The van der Waals surface area contributed by atoms with Gasteiger partial charge < -0.3 is 24.9 Å². The molecule has 9 heteroatoms. The second-order valence-corrected chi connectivity index (χ2v) is 12.1. The minimum Gasteiger partial charge on any atom is -0.469 e. The van der Waals surface area contributed by atoms with Crippen LogP contribution in [0.3, 0.4) is 0 Å². The summed E-state index contributed by atoms with van der Waals surface area (Å²) in [6, 6.07) is 36.3. The van der Waals surface area contributed by atoms with Crippen molar-refractivity contribution in [2.75, 3.05) is 13.7 Å². The number of aromatic nitrogens is 2. The molecule has 0 bridgehead atoms. The second-order valence-electron chi connectivity index (χ2n) is 12.1. The van der Waals surface area contributed by atoms with Gasteiger partial charge in [-0.1, -0.05) is 110 Å². The van der Waals surface area contributed by atoms with Crippen LogP contribution < -0.4 is 51.4 Å². The third-order valence-electron chi connectivity index (χ3n) is 9.54. The van der Waals surface area contributed by atoms with Crippen LogP contribution in [0, 0.1) is 5.41 Å². The molecule has 1 N–H and O–H groups in total. The van der Waals surface area contributed by atoms with Gasteiger partial charge in [0.15, 0.2) is 0 Å². The molecule has 0 saturated heterocycles. The van der Waals surface area contributed by atoms with E-state index in [2.05, 4.69) is 63.7 Å². The number of amides is 2. The number of imide groups is 1. The van der Waals surface area contributed by atoms with Crippen molar-refractivity contribution in [1.29, 1.82) is 5.41 Å². The number of aliphatic imine (C=N–C) groups is 1. The van der Waals surface area contributed by atoms with Crippen molar-refractivity contribution >= 4 is 73.7 Å². The molecule has 5 aromatic carbocycles. The Morgan fingerprint density at radius 3 is 1.84 bits per heavy atom. The standard InChI is InChI=1S/C41H30N5O2.CH3N.K/c1-42-39(26-15-5-2-6-16-26)43-25-44-40(47)35-36(41(44)48)38-34(30-22-12-14-24-32(30)46(38)28-19-9-4-10-20-28)33-29-21-11-13-23-31(29)45(37(33)35)27-17-7-3-8-18-27;1-2;/h2-9,11-19,21-24H,10,20,25H2,1H3;2H,1H2;/q-1;;+1. The van der Waals surface area contributed by atoms with Crippen molar-refractivity contribution in [2.24, 2.45) is 4.99 Å². The Labute approximate surface area is 337 Å². The van der Waals surface area contributed by atoms with Gasteiger partial charge >= 0.3 is 51.4 Å². The Morgan fingerprint density at radius 1 is 0.745 bits per heavy atom. The van der Waals surface area contributed by atoms with E-state index in [-0.39, 0.29) is 69.9 Å². The zero-order chi connectivity index (χ0) is 34.4. The van der Waals surface area contributed by atoms with Gasteiger partial charge in [-0.3, -0.25) is 14.5 Å². The summed E-state index contributed by atoms with van der Waals surface area (Å²) in [5.41, 5.74) is 7.13. The first-order chi connectivity index (χ1) is 24.7. The summed E-state index contributed by atoms with van der Waals surface area (Å²) in [6.45, 7) is 2.36. The summed E-state index contributed by atoms with van der Waals surface area (Å²) in [6.07, 6.45) is 8.07. The first kappa shape index (κ1) is 34.5. The van der Waals surface area contributed by atoms with Gasteiger partial charge in [-0.05, 0) is 55.5 Å².